The number of aromatic nitrogens is 3. The van der Waals surface area contributed by atoms with Crippen LogP contribution in [-0.2, 0) is 6.67 Å². The lowest BCUT2D eigenvalue weighted by Crippen LogP contribution is -2.44. The molecule has 0 radical (unpaired) electrons. The summed E-state index contributed by atoms with van der Waals surface area (Å²) in [6, 6.07) is 1.91. The Bertz CT molecular complexity index is 1040. The molecule has 4 heterocycles. The van der Waals surface area contributed by atoms with Crippen molar-refractivity contribution in [1.29, 1.82) is 0 Å². The van der Waals surface area contributed by atoms with Gasteiger partial charge in [-0.1, -0.05) is 22.9 Å². The predicted molar refractivity (Wildman–Crippen MR) is 125 cm³/mol. The van der Waals surface area contributed by atoms with E-state index in [9.17, 15) is 9.50 Å². The molecule has 1 atom stereocenters. The zero-order valence-corrected chi connectivity index (χ0v) is 19.5. The molecule has 0 saturated carbocycles. The maximum atomic E-state index is 13.1. The zero-order valence-electron chi connectivity index (χ0n) is 17.1. The first-order chi connectivity index (χ1) is 14.9. The molecule has 1 aliphatic heterocycles. The van der Waals surface area contributed by atoms with Crippen LogP contribution in [0, 0.1) is 6.92 Å². The van der Waals surface area contributed by atoms with E-state index >= 15 is 0 Å². The molecule has 3 aromatic rings. The summed E-state index contributed by atoms with van der Waals surface area (Å²) in [6.45, 7) is 5.01. The fourth-order valence-electron chi connectivity index (χ4n) is 3.22. The Morgan fingerprint density at radius 2 is 2.06 bits per heavy atom. The molecule has 3 aromatic heterocycles. The molecule has 1 aliphatic rings. The van der Waals surface area contributed by atoms with Gasteiger partial charge >= 0.3 is 0 Å². The molecule has 0 aromatic carbocycles. The number of aryl methyl sites for hydroxylation is 1. The fraction of sp³-hybridized carbons (Fsp3) is 0.421. The van der Waals surface area contributed by atoms with Crippen LogP contribution in [-0.4, -0.2) is 58.2 Å². The lowest BCUT2D eigenvalue weighted by atomic mass is 10.3. The number of hydrogen-bond donors (Lipinski definition) is 3. The second-order valence-electron chi connectivity index (χ2n) is 7.23. The second-order valence-corrected chi connectivity index (χ2v) is 9.78. The summed E-state index contributed by atoms with van der Waals surface area (Å²) >= 11 is 8.60. The van der Waals surface area contributed by atoms with E-state index in [1.165, 1.54) is 22.7 Å². The van der Waals surface area contributed by atoms with Gasteiger partial charge in [0.25, 0.3) is 0 Å². The van der Waals surface area contributed by atoms with Gasteiger partial charge in [-0.2, -0.15) is 0 Å². The first kappa shape index (κ1) is 22.2. The third-order valence-corrected chi connectivity index (χ3v) is 7.16. The lowest BCUT2D eigenvalue weighted by molar-refractivity contribution is 0.211. The maximum absolute atomic E-state index is 13.1. The van der Waals surface area contributed by atoms with Crippen LogP contribution in [0.3, 0.4) is 0 Å². The lowest BCUT2D eigenvalue weighted by Gasteiger charge is -2.33. The van der Waals surface area contributed by atoms with Gasteiger partial charge < -0.3 is 25.5 Å². The highest BCUT2D eigenvalue weighted by molar-refractivity contribution is 7.16. The van der Waals surface area contributed by atoms with Gasteiger partial charge in [-0.3, -0.25) is 0 Å². The van der Waals surface area contributed by atoms with E-state index < -0.39 is 12.9 Å². The topological polar surface area (TPSA) is 89.4 Å². The summed E-state index contributed by atoms with van der Waals surface area (Å²) in [5, 5.41) is 18.8. The van der Waals surface area contributed by atoms with Crippen molar-refractivity contribution < 1.29 is 9.50 Å². The zero-order chi connectivity index (χ0) is 22.0. The molecule has 1 fully saturated rings. The van der Waals surface area contributed by atoms with Crippen molar-refractivity contribution in [2.75, 3.05) is 48.8 Å². The van der Waals surface area contributed by atoms with Crippen LogP contribution < -0.4 is 15.5 Å². The van der Waals surface area contributed by atoms with Gasteiger partial charge in [0, 0.05) is 49.4 Å². The van der Waals surface area contributed by atoms with Gasteiger partial charge in [0.05, 0.1) is 10.6 Å². The number of rotatable bonds is 7. The standard InChI is InChI=1S/C19H23ClFN7OS2/c1-11-23-14(7-15(24-11)28-5-3-27(2)4-6-28)25-19-22-9-13(31-19)18(29)26-16-12(8-21)10-30-17(16)20/h7,9-10,18,26,29H,3-6,8H2,1-2H3,(H,22,23,24,25). The Kier molecular flexibility index (Phi) is 6.87. The van der Waals surface area contributed by atoms with Crippen molar-refractivity contribution in [3.05, 3.63) is 38.2 Å². The number of aliphatic hydroxyl groups excluding tert-OH is 1. The van der Waals surface area contributed by atoms with E-state index in [0.717, 1.165) is 32.0 Å². The second kappa shape index (κ2) is 9.61. The van der Waals surface area contributed by atoms with E-state index in [1.807, 2.05) is 13.0 Å². The number of likely N-dealkylation sites (N-methyl/N-ethyl adjacent to an activating group) is 1. The van der Waals surface area contributed by atoms with Gasteiger partial charge in [-0.15, -0.1) is 11.3 Å². The predicted octanol–water partition coefficient (Wildman–Crippen LogP) is 4.02. The minimum Gasteiger partial charge on any atom is -0.369 e. The van der Waals surface area contributed by atoms with Gasteiger partial charge in [0.2, 0.25) is 0 Å². The molecule has 4 rings (SSSR count). The molecule has 12 heteroatoms. The number of thiophene rings is 1. The summed E-state index contributed by atoms with van der Waals surface area (Å²) in [5.74, 6) is 2.20. The summed E-state index contributed by atoms with van der Waals surface area (Å²) in [7, 11) is 2.11. The molecule has 31 heavy (non-hydrogen) atoms. The number of hydrogen-bond acceptors (Lipinski definition) is 10. The van der Waals surface area contributed by atoms with Crippen molar-refractivity contribution >= 4 is 56.7 Å². The number of nitrogens with one attached hydrogen (secondary N) is 2. The minimum atomic E-state index is -1.06. The summed E-state index contributed by atoms with van der Waals surface area (Å²) in [5.41, 5.74) is 0.831. The van der Waals surface area contributed by atoms with Gasteiger partial charge in [-0.05, 0) is 14.0 Å². The molecule has 0 aliphatic carbocycles. The summed E-state index contributed by atoms with van der Waals surface area (Å²) in [6.07, 6.45) is 0.508. The summed E-state index contributed by atoms with van der Waals surface area (Å²) < 4.78 is 13.5. The Balaban J connectivity index is 1.45. The number of piperazine rings is 1. The molecule has 1 saturated heterocycles. The number of thiazole rings is 1. The van der Waals surface area contributed by atoms with E-state index in [1.54, 1.807) is 11.6 Å². The molecule has 0 spiro atoms. The van der Waals surface area contributed by atoms with Crippen LogP contribution in [0.5, 0.6) is 0 Å². The quantitative estimate of drug-likeness (QED) is 0.434. The van der Waals surface area contributed by atoms with Crippen LogP contribution in [0.4, 0.5) is 26.8 Å². The van der Waals surface area contributed by atoms with Crippen molar-refractivity contribution in [2.24, 2.45) is 0 Å². The largest absolute Gasteiger partial charge is 0.369 e. The molecule has 166 valence electrons. The van der Waals surface area contributed by atoms with Crippen LogP contribution >= 0.6 is 34.3 Å². The third-order valence-electron chi connectivity index (χ3n) is 4.93. The summed E-state index contributed by atoms with van der Waals surface area (Å²) in [4.78, 5) is 18.5. The molecule has 0 bridgehead atoms. The molecule has 1 unspecified atom stereocenters. The minimum absolute atomic E-state index is 0.405. The highest BCUT2D eigenvalue weighted by atomic mass is 35.5. The fourth-order valence-corrected chi connectivity index (χ4v) is 5.02. The van der Waals surface area contributed by atoms with E-state index in [2.05, 4.69) is 42.4 Å². The Morgan fingerprint density at radius 1 is 1.29 bits per heavy atom. The molecular weight excluding hydrogens is 461 g/mol. The molecule has 3 N–H and O–H groups in total. The Morgan fingerprint density at radius 3 is 2.81 bits per heavy atom. The van der Waals surface area contributed by atoms with Crippen molar-refractivity contribution in [3.63, 3.8) is 0 Å². The monoisotopic (exact) mass is 483 g/mol. The highest BCUT2D eigenvalue weighted by Gasteiger charge is 2.19. The van der Waals surface area contributed by atoms with Crippen molar-refractivity contribution in [3.8, 4) is 0 Å². The Labute approximate surface area is 192 Å². The maximum Gasteiger partial charge on any atom is 0.188 e. The number of alkyl halides is 1. The van der Waals surface area contributed by atoms with Gasteiger partial charge in [0.1, 0.15) is 28.5 Å². The third kappa shape index (κ3) is 5.24. The first-order valence-electron chi connectivity index (χ1n) is 9.71. The van der Waals surface area contributed by atoms with Crippen LogP contribution in [0.1, 0.15) is 22.5 Å². The van der Waals surface area contributed by atoms with E-state index in [0.29, 0.717) is 37.2 Å². The SMILES string of the molecule is Cc1nc(Nc2ncc(C(O)Nc3c(CF)csc3Cl)s2)cc(N2CCN(C)CC2)n1. The van der Waals surface area contributed by atoms with E-state index in [-0.39, 0.29) is 0 Å². The number of nitrogens with zero attached hydrogens (tertiary/aromatic N) is 5. The van der Waals surface area contributed by atoms with Gasteiger partial charge in [0.15, 0.2) is 11.4 Å². The number of aliphatic hydroxyl groups is 1. The molecule has 8 nitrogen and oxygen atoms in total. The average Bonchev–Trinajstić information content (AvgIpc) is 3.35. The number of halogens is 2. The molecular formula is C19H23ClFN7OS2. The Hall–Kier alpha value is -2.05. The van der Waals surface area contributed by atoms with Crippen molar-refractivity contribution in [2.45, 2.75) is 19.8 Å². The van der Waals surface area contributed by atoms with Gasteiger partial charge in [-0.25, -0.2) is 19.3 Å². The smallest absolute Gasteiger partial charge is 0.188 e. The van der Waals surface area contributed by atoms with Crippen LogP contribution in [0.25, 0.3) is 0 Å². The van der Waals surface area contributed by atoms with Crippen molar-refractivity contribution in [1.82, 2.24) is 19.9 Å². The van der Waals surface area contributed by atoms with E-state index in [4.69, 9.17) is 11.6 Å². The van der Waals surface area contributed by atoms with Crippen LogP contribution in [0.15, 0.2) is 17.6 Å². The van der Waals surface area contributed by atoms with Crippen LogP contribution in [0.2, 0.25) is 4.34 Å². The first-order valence-corrected chi connectivity index (χ1v) is 11.8. The normalized spacial score (nSPS) is 15.8. The molecule has 0 amide bonds. The number of anilines is 4. The highest BCUT2D eigenvalue weighted by Crippen LogP contribution is 2.36. The average molecular weight is 484 g/mol.